The van der Waals surface area contributed by atoms with Crippen LogP contribution in [0.4, 0.5) is 0 Å². The number of rotatable bonds is 9. The molecule has 1 aromatic rings. The minimum atomic E-state index is -1.01. The third kappa shape index (κ3) is 5.03. The number of carboxylic acid groups (broad SMARTS) is 1. The lowest BCUT2D eigenvalue weighted by Crippen LogP contribution is -2.13. The number of methoxy groups -OCH3 is 1. The molecule has 0 saturated carbocycles. The van der Waals surface area contributed by atoms with Crippen LogP contribution in [0, 0.1) is 13.8 Å². The highest BCUT2D eigenvalue weighted by atomic mass is 127. The van der Waals surface area contributed by atoms with Gasteiger partial charge in [0.2, 0.25) is 0 Å². The molecule has 1 aromatic carbocycles. The van der Waals surface area contributed by atoms with Gasteiger partial charge in [0, 0.05) is 11.3 Å². The highest BCUT2D eigenvalue weighted by Crippen LogP contribution is 2.39. The topological polar surface area (TPSA) is 76.0 Å². The van der Waals surface area contributed by atoms with Crippen molar-refractivity contribution in [1.29, 1.82) is 0 Å². The Morgan fingerprint density at radius 2 is 1.96 bits per heavy atom. The summed E-state index contributed by atoms with van der Waals surface area (Å²) in [6.45, 7) is 5.80. The van der Waals surface area contributed by atoms with Gasteiger partial charge in [-0.3, -0.25) is 0 Å². The van der Waals surface area contributed by atoms with E-state index in [2.05, 4.69) is 21.2 Å². The van der Waals surface area contributed by atoms with Gasteiger partial charge in [-0.1, -0.05) is 20.6 Å². The number of carboxylic acids is 1. The third-order valence-corrected chi connectivity index (χ3v) is 5.42. The Hall–Kier alpha value is -0.930. The molecule has 0 radical (unpaired) electrons. The maximum absolute atomic E-state index is 11.8. The van der Waals surface area contributed by atoms with Crippen LogP contribution in [-0.2, 0) is 6.42 Å². The van der Waals surface area contributed by atoms with E-state index >= 15 is 0 Å². The number of aliphatic hydroxyl groups is 1. The number of aliphatic hydroxyl groups excluding tert-OH is 1. The summed E-state index contributed by atoms with van der Waals surface area (Å²) in [5, 5.41) is 18.9. The van der Waals surface area contributed by atoms with Crippen LogP contribution in [0.5, 0.6) is 11.5 Å². The molecule has 0 aliphatic heterocycles. The Morgan fingerprint density at radius 3 is 2.46 bits per heavy atom. The molecule has 0 unspecified atom stereocenters. The molecule has 7 heteroatoms. The molecule has 0 atom stereocenters. The minimum Gasteiger partial charge on any atom is -0.496 e. The lowest BCUT2D eigenvalue weighted by Gasteiger charge is -2.21. The van der Waals surface area contributed by atoms with E-state index in [4.69, 9.17) is 9.47 Å². The van der Waals surface area contributed by atoms with Gasteiger partial charge in [-0.25, -0.2) is 4.79 Å². The molecule has 5 nitrogen and oxygen atoms in total. The van der Waals surface area contributed by atoms with Gasteiger partial charge in [0.15, 0.2) is 0 Å². The zero-order valence-electron chi connectivity index (χ0n) is 14.3. The molecule has 0 aliphatic rings. The van der Waals surface area contributed by atoms with E-state index in [1.807, 2.05) is 19.9 Å². The number of ether oxygens (including phenoxy) is 2. The third-order valence-electron chi connectivity index (χ3n) is 3.78. The lowest BCUT2D eigenvalue weighted by atomic mass is 9.94. The van der Waals surface area contributed by atoms with Crippen molar-refractivity contribution < 1.29 is 24.5 Å². The predicted octanol–water partition coefficient (Wildman–Crippen LogP) is 3.95. The molecular formula is C17H23IO5S. The maximum atomic E-state index is 11.8. The fraction of sp³-hybridized carbons (Fsp3) is 0.471. The smallest absolute Gasteiger partial charge is 0.339 e. The van der Waals surface area contributed by atoms with E-state index in [1.54, 1.807) is 23.0 Å². The molecule has 0 saturated heterocycles. The van der Waals surface area contributed by atoms with Crippen molar-refractivity contribution in [2.75, 3.05) is 26.1 Å². The monoisotopic (exact) mass is 466 g/mol. The first-order chi connectivity index (χ1) is 11.4. The van der Waals surface area contributed by atoms with Crippen LogP contribution in [0.3, 0.4) is 0 Å². The minimum absolute atomic E-state index is 0.0411. The fourth-order valence-corrected chi connectivity index (χ4v) is 3.09. The maximum Gasteiger partial charge on any atom is 0.339 e. The van der Waals surface area contributed by atoms with Crippen molar-refractivity contribution in [2.45, 2.75) is 27.2 Å². The van der Waals surface area contributed by atoms with Crippen LogP contribution in [0.25, 0.3) is 0 Å². The largest absolute Gasteiger partial charge is 0.496 e. The summed E-state index contributed by atoms with van der Waals surface area (Å²) < 4.78 is 11.4. The van der Waals surface area contributed by atoms with Gasteiger partial charge >= 0.3 is 5.97 Å². The van der Waals surface area contributed by atoms with E-state index in [0.717, 1.165) is 16.9 Å². The highest BCUT2D eigenvalue weighted by molar-refractivity contribution is 14.2. The van der Waals surface area contributed by atoms with Crippen molar-refractivity contribution in [3.8, 4) is 11.5 Å². The fourth-order valence-electron chi connectivity index (χ4n) is 2.40. The Labute approximate surface area is 159 Å². The van der Waals surface area contributed by atoms with Gasteiger partial charge in [0.25, 0.3) is 0 Å². The van der Waals surface area contributed by atoms with E-state index < -0.39 is 5.97 Å². The lowest BCUT2D eigenvalue weighted by molar-refractivity contribution is 0.0691. The highest BCUT2D eigenvalue weighted by Gasteiger charge is 2.25. The number of hydrogen-bond donors (Lipinski definition) is 2. The standard InChI is InChI=1S/C17H23IO5S/c1-10(9-19)5-6-13-15(22-4)12(3)11(2)14(17(20)21)16(13)23-7-8-24-18/h5,19H,6-9H2,1-4H3,(H,20,21)/b10-5+. The first-order valence-electron chi connectivity index (χ1n) is 7.45. The molecule has 0 aromatic heterocycles. The molecule has 1 rings (SSSR count). The second kappa shape index (κ2) is 10.1. The van der Waals surface area contributed by atoms with Crippen LogP contribution in [0.15, 0.2) is 11.6 Å². The molecule has 0 fully saturated rings. The van der Waals surface area contributed by atoms with E-state index in [9.17, 15) is 15.0 Å². The SMILES string of the molecule is COc1c(C)c(C)c(C(=O)O)c(OCCSI)c1C/C=C(\C)CO. The zero-order valence-corrected chi connectivity index (χ0v) is 17.3. The van der Waals surface area contributed by atoms with Crippen LogP contribution < -0.4 is 9.47 Å². The Kier molecular flexibility index (Phi) is 8.93. The second-order valence-electron chi connectivity index (χ2n) is 5.35. The number of allylic oxidation sites excluding steroid dienone is 1. The van der Waals surface area contributed by atoms with Crippen LogP contribution in [0.1, 0.15) is 34.0 Å². The van der Waals surface area contributed by atoms with Crippen molar-refractivity contribution in [3.63, 3.8) is 0 Å². The molecule has 134 valence electrons. The van der Waals surface area contributed by atoms with Gasteiger partial charge in [-0.15, -0.1) is 0 Å². The average molecular weight is 466 g/mol. The second-order valence-corrected chi connectivity index (χ2v) is 7.84. The van der Waals surface area contributed by atoms with Crippen molar-refractivity contribution >= 4 is 36.1 Å². The van der Waals surface area contributed by atoms with Gasteiger partial charge in [0.1, 0.15) is 17.1 Å². The molecule has 2 N–H and O–H groups in total. The quantitative estimate of drug-likeness (QED) is 0.326. The first-order valence-corrected chi connectivity index (χ1v) is 11.0. The Balaban J connectivity index is 3.55. The summed E-state index contributed by atoms with van der Waals surface area (Å²) in [6.07, 6.45) is 2.29. The summed E-state index contributed by atoms with van der Waals surface area (Å²) >= 11 is 2.18. The van der Waals surface area contributed by atoms with E-state index in [1.165, 1.54) is 0 Å². The molecule has 0 heterocycles. The predicted molar refractivity (Wildman–Crippen MR) is 106 cm³/mol. The molecule has 0 aliphatic carbocycles. The summed E-state index contributed by atoms with van der Waals surface area (Å²) in [7, 11) is 3.17. The summed E-state index contributed by atoms with van der Waals surface area (Å²) in [4.78, 5) is 11.8. The number of carbonyl (C=O) groups is 1. The van der Waals surface area contributed by atoms with Gasteiger partial charge in [-0.05, 0) is 59.5 Å². The van der Waals surface area contributed by atoms with Crippen LogP contribution in [0.2, 0.25) is 0 Å². The number of hydrogen-bond acceptors (Lipinski definition) is 5. The number of benzene rings is 1. The van der Waals surface area contributed by atoms with E-state index in [0.29, 0.717) is 35.7 Å². The van der Waals surface area contributed by atoms with Crippen molar-refractivity contribution in [3.05, 3.63) is 33.9 Å². The molecule has 0 spiro atoms. The summed E-state index contributed by atoms with van der Waals surface area (Å²) in [5.74, 6) is 0.728. The molecule has 24 heavy (non-hydrogen) atoms. The molecule has 0 bridgehead atoms. The van der Waals surface area contributed by atoms with Crippen molar-refractivity contribution in [2.24, 2.45) is 0 Å². The number of halogens is 1. The van der Waals surface area contributed by atoms with Crippen LogP contribution in [-0.4, -0.2) is 42.3 Å². The molecule has 0 amide bonds. The normalized spacial score (nSPS) is 11.5. The van der Waals surface area contributed by atoms with Gasteiger partial charge in [-0.2, -0.15) is 0 Å². The first kappa shape index (κ1) is 21.1. The van der Waals surface area contributed by atoms with Crippen molar-refractivity contribution in [1.82, 2.24) is 0 Å². The zero-order chi connectivity index (χ0) is 18.3. The van der Waals surface area contributed by atoms with Gasteiger partial charge < -0.3 is 19.7 Å². The summed E-state index contributed by atoms with van der Waals surface area (Å²) in [5.41, 5.74) is 3.11. The Bertz CT molecular complexity index is 628. The van der Waals surface area contributed by atoms with E-state index in [-0.39, 0.29) is 12.2 Å². The Morgan fingerprint density at radius 1 is 1.29 bits per heavy atom. The average Bonchev–Trinajstić information content (AvgIpc) is 2.55. The number of aromatic carboxylic acids is 1. The van der Waals surface area contributed by atoms with Gasteiger partial charge in [0.05, 0.1) is 20.3 Å². The van der Waals surface area contributed by atoms with Crippen LogP contribution >= 0.6 is 30.1 Å². The molecular weight excluding hydrogens is 443 g/mol. The summed E-state index contributed by atoms with van der Waals surface area (Å²) in [6, 6.07) is 0.